The Morgan fingerprint density at radius 2 is 0.605 bits per heavy atom. The highest BCUT2D eigenvalue weighted by Gasteiger charge is 2.61. The summed E-state index contributed by atoms with van der Waals surface area (Å²) >= 11 is 4.04. The zero-order valence-electron chi connectivity index (χ0n) is 42.8. The number of hydrogen-bond acceptors (Lipinski definition) is 10. The molecule has 0 bridgehead atoms. The first-order valence-corrected chi connectivity index (χ1v) is 29.5. The maximum Gasteiger partial charge on any atom is 0.525 e. The van der Waals surface area contributed by atoms with Crippen LogP contribution in [0, 0.1) is 0 Å². The van der Waals surface area contributed by atoms with E-state index in [0.717, 1.165) is 79.6 Å². The van der Waals surface area contributed by atoms with E-state index in [1.807, 2.05) is 23.5 Å². The van der Waals surface area contributed by atoms with Crippen LogP contribution < -0.4 is 59.7 Å². The van der Waals surface area contributed by atoms with Crippen molar-refractivity contribution < 1.29 is 18.6 Å². The Balaban J connectivity index is 0.945. The van der Waals surface area contributed by atoms with Crippen molar-refractivity contribution in [1.29, 1.82) is 0 Å². The fraction of sp³-hybridized carbons (Fsp3) is 0.0149. The first kappa shape index (κ1) is 42.7. The molecule has 8 nitrogen and oxygen atoms in total. The van der Waals surface area contributed by atoms with E-state index in [-0.39, 0.29) is 4.58 Å². The lowest BCUT2D eigenvalue weighted by Crippen LogP contribution is -2.64. The predicted octanol–water partition coefficient (Wildman–Crippen LogP) is 13.9. The zero-order chi connectivity index (χ0) is 52.1. The average molecular weight is 1070 g/mol. The number of anilines is 8. The molecule has 11 aromatic carbocycles. The van der Waals surface area contributed by atoms with Gasteiger partial charge in [0.15, 0.2) is 0 Å². The topological polar surface area (TPSA) is 49.9 Å². The maximum atomic E-state index is 7.63. The molecule has 0 saturated carbocycles. The van der Waals surface area contributed by atoms with E-state index >= 15 is 0 Å². The minimum Gasteiger partial charge on any atom is -0.537 e. The van der Waals surface area contributed by atoms with Gasteiger partial charge in [0, 0.05) is 99.4 Å². The molecule has 0 fully saturated rings. The van der Waals surface area contributed by atoms with Gasteiger partial charge in [-0.05, 0) is 130 Å². The van der Waals surface area contributed by atoms with Gasteiger partial charge in [0.2, 0.25) is 0 Å². The van der Waals surface area contributed by atoms with Gasteiger partial charge in [-0.3, -0.25) is 0 Å². The van der Waals surface area contributed by atoms with E-state index in [0.29, 0.717) is 0 Å². The van der Waals surface area contributed by atoms with Crippen LogP contribution in [0.25, 0.3) is 66.8 Å². The van der Waals surface area contributed by atoms with E-state index in [1.54, 1.807) is 0 Å². The largest absolute Gasteiger partial charge is 0.537 e. The Kier molecular flexibility index (Phi) is 7.88. The number of hydrogen-bond donors (Lipinski definition) is 0. The third-order valence-corrected chi connectivity index (χ3v) is 21.2. The summed E-state index contributed by atoms with van der Waals surface area (Å²) < 4.78 is 30.1. The van der Waals surface area contributed by atoms with Gasteiger partial charge in [0.05, 0.1) is 15.7 Å². The van der Waals surface area contributed by atoms with Gasteiger partial charge in [-0.1, -0.05) is 121 Å². The minimum absolute atomic E-state index is 0.0793. The molecule has 81 heavy (non-hydrogen) atoms. The number of para-hydroxylation sites is 6. The summed E-state index contributed by atoms with van der Waals surface area (Å²) in [6.07, 6.45) is 0. The summed E-state index contributed by atoms with van der Waals surface area (Å²) in [5.74, 6) is 3.30. The van der Waals surface area contributed by atoms with Gasteiger partial charge in [-0.2, -0.15) is 0 Å². The number of thioether (sulfide) groups is 2. The first-order chi connectivity index (χ1) is 40.2. The van der Waals surface area contributed by atoms with Gasteiger partial charge in [0.1, 0.15) is 23.0 Å². The SMILES string of the molecule is c1ccc(N2B3Oc4cccc5c4-c4c3c(c3c6c4B(O5)N(c4ccccc4)c4cc5c7c(c4-6)C(S3)Sc3c4c6c8c(c3-7)B(Oc3cccc(c3-8)OB6N(c3ccccc3)c3ccccc3-4)N5c3ccccc3)-c3ccccc32)cc1. The van der Waals surface area contributed by atoms with Crippen molar-refractivity contribution in [2.45, 2.75) is 14.4 Å². The van der Waals surface area contributed by atoms with E-state index in [4.69, 9.17) is 18.6 Å². The molecule has 0 amide bonds. The van der Waals surface area contributed by atoms with Crippen LogP contribution in [-0.2, 0) is 0 Å². The highest BCUT2D eigenvalue weighted by atomic mass is 32.2. The molecule has 10 aliphatic heterocycles. The lowest BCUT2D eigenvalue weighted by molar-refractivity contribution is 0.548. The molecular weight excluding hydrogens is 1030 g/mol. The van der Waals surface area contributed by atoms with Crippen molar-refractivity contribution in [3.8, 4) is 89.8 Å². The summed E-state index contributed by atoms with van der Waals surface area (Å²) in [7, 11) is -1.94. The average Bonchev–Trinajstić information content (AvgIpc) is 2.87. The molecule has 0 saturated heterocycles. The molecule has 14 heteroatoms. The molecule has 21 rings (SSSR count). The van der Waals surface area contributed by atoms with Gasteiger partial charge in [-0.25, -0.2) is 0 Å². The number of fused-ring (bicyclic) bond motifs is 6. The van der Waals surface area contributed by atoms with Crippen LogP contribution >= 0.6 is 23.5 Å². The van der Waals surface area contributed by atoms with Crippen LogP contribution in [0.1, 0.15) is 10.1 Å². The van der Waals surface area contributed by atoms with E-state index < -0.39 is 28.2 Å². The van der Waals surface area contributed by atoms with Crippen molar-refractivity contribution >= 4 is 119 Å². The third kappa shape index (κ3) is 5.08. The van der Waals surface area contributed by atoms with Gasteiger partial charge >= 0.3 is 28.2 Å². The Hall–Kier alpha value is -9.22. The monoisotopic (exact) mass is 1070 g/mol. The predicted molar refractivity (Wildman–Crippen MR) is 332 cm³/mol. The van der Waals surface area contributed by atoms with Crippen molar-refractivity contribution in [3.05, 3.63) is 218 Å². The van der Waals surface area contributed by atoms with Crippen LogP contribution in [0.4, 0.5) is 45.5 Å². The Morgan fingerprint density at radius 3 is 0.975 bits per heavy atom. The molecule has 0 radical (unpaired) electrons. The fourth-order valence-electron chi connectivity index (χ4n) is 15.6. The van der Waals surface area contributed by atoms with Gasteiger partial charge in [0.25, 0.3) is 0 Å². The van der Waals surface area contributed by atoms with Crippen LogP contribution in [0.15, 0.2) is 222 Å². The first-order valence-electron chi connectivity index (χ1n) is 27.8. The maximum absolute atomic E-state index is 7.63. The lowest BCUT2D eigenvalue weighted by atomic mass is 9.50. The summed E-state index contributed by atoms with van der Waals surface area (Å²) in [6.45, 7) is 0. The quantitative estimate of drug-likeness (QED) is 0.159. The summed E-state index contributed by atoms with van der Waals surface area (Å²) in [4.78, 5) is 12.4. The molecular formula is C67H36B4N4O4S2. The number of nitrogens with zero attached hydrogens (tertiary/aromatic N) is 4. The van der Waals surface area contributed by atoms with Gasteiger partial charge in [-0.15, -0.1) is 23.5 Å². The van der Waals surface area contributed by atoms with Crippen LogP contribution in [0.2, 0.25) is 0 Å². The number of rotatable bonds is 4. The number of benzene rings is 11. The molecule has 0 aromatic heterocycles. The molecule has 11 aromatic rings. The van der Waals surface area contributed by atoms with Gasteiger partial charge < -0.3 is 37.9 Å². The van der Waals surface area contributed by atoms with E-state index in [9.17, 15) is 0 Å². The Morgan fingerprint density at radius 1 is 0.284 bits per heavy atom. The molecule has 0 atom stereocenters. The Labute approximate surface area is 476 Å². The van der Waals surface area contributed by atoms with Crippen LogP contribution in [-0.4, -0.2) is 28.2 Å². The molecule has 10 aliphatic rings. The zero-order valence-corrected chi connectivity index (χ0v) is 44.5. The summed E-state index contributed by atoms with van der Waals surface area (Å²) in [5.41, 5.74) is 29.4. The third-order valence-electron chi connectivity index (χ3n) is 18.5. The molecule has 0 unspecified atom stereocenters. The minimum atomic E-state index is -0.512. The standard InChI is InChI=1S/C67H36B4N4O4S2/c1-5-19-36(20-6-1)72-42-29-15-13-27-40(42)50-61-57-54-46(76-68(61)72)31-17-33-48(54)78-70-63(57)59-52-44(74(70)38-23-9-3-10-24-38)35-45-53-56(52)67(80-65(50)59)81-66-51-41-28-14-16-30-43(41)73(37-21-7-2-8-22-37)69-62(51)58-55-47(77-69)32-18-34-49(55)79-71(64(58)60(53)66)75(45)39-25-11-4-12-26-39/h1-35,67H. The fourth-order valence-corrected chi connectivity index (χ4v) is 18.8. The van der Waals surface area contributed by atoms with Crippen molar-refractivity contribution in [1.82, 2.24) is 0 Å². The second kappa shape index (κ2) is 15.0. The Bertz CT molecular complexity index is 4460. The molecule has 0 spiro atoms. The molecule has 372 valence electrons. The van der Waals surface area contributed by atoms with Crippen molar-refractivity contribution in [3.63, 3.8) is 0 Å². The van der Waals surface area contributed by atoms with E-state index in [2.05, 4.69) is 232 Å². The second-order valence-electron chi connectivity index (χ2n) is 22.2. The van der Waals surface area contributed by atoms with Crippen molar-refractivity contribution in [2.75, 3.05) is 19.2 Å². The highest BCUT2D eigenvalue weighted by molar-refractivity contribution is 8.16. The highest BCUT2D eigenvalue weighted by Crippen LogP contribution is 2.72. The smallest absolute Gasteiger partial charge is 0.525 e. The van der Waals surface area contributed by atoms with Crippen LogP contribution in [0.3, 0.4) is 0 Å². The van der Waals surface area contributed by atoms with E-state index in [1.165, 1.54) is 92.8 Å². The lowest BCUT2D eigenvalue weighted by Gasteiger charge is -2.53. The summed E-state index contributed by atoms with van der Waals surface area (Å²) in [5, 5.41) is 0. The molecule has 10 heterocycles. The summed E-state index contributed by atoms with van der Waals surface area (Å²) in [6, 6.07) is 76.7. The van der Waals surface area contributed by atoms with Crippen molar-refractivity contribution in [2.24, 2.45) is 0 Å². The molecule has 0 N–H and O–H groups in total. The second-order valence-corrected chi connectivity index (χ2v) is 24.7. The van der Waals surface area contributed by atoms with Crippen LogP contribution in [0.5, 0.6) is 23.0 Å². The normalized spacial score (nSPS) is 16.0. The molecule has 0 aliphatic carbocycles.